The Morgan fingerprint density at radius 2 is 1.76 bits per heavy atom. The largest absolute Gasteiger partial charge is 0.478 e. The van der Waals surface area contributed by atoms with Crippen LogP contribution in [-0.2, 0) is 0 Å². The molecule has 106 valence electrons. The number of rotatable bonds is 4. The van der Waals surface area contributed by atoms with E-state index in [9.17, 15) is 9.59 Å². The summed E-state index contributed by atoms with van der Waals surface area (Å²) < 4.78 is 0.684. The third-order valence-corrected chi connectivity index (χ3v) is 3.35. The zero-order valence-electron chi connectivity index (χ0n) is 10.8. The molecule has 0 bridgehead atoms. The van der Waals surface area contributed by atoms with E-state index in [1.807, 2.05) is 6.07 Å². The van der Waals surface area contributed by atoms with Gasteiger partial charge in [0.1, 0.15) is 0 Å². The van der Waals surface area contributed by atoms with E-state index in [0.29, 0.717) is 15.6 Å². The van der Waals surface area contributed by atoms with Gasteiger partial charge in [0.15, 0.2) is 0 Å². The standard InChI is InChI=1S/C15H11BrN2O3/c16-13-4-2-1-3-12(13)14(19)18-17-9-10-5-7-11(8-6-10)15(20)21/h1-9H,(H,18,19)(H,20,21)/b17-9-. The predicted octanol–water partition coefficient (Wildman–Crippen LogP) is 2.91. The highest BCUT2D eigenvalue weighted by atomic mass is 79.9. The molecule has 0 aliphatic carbocycles. The van der Waals surface area contributed by atoms with Gasteiger partial charge in [-0.05, 0) is 45.8 Å². The van der Waals surface area contributed by atoms with E-state index in [2.05, 4.69) is 26.5 Å². The lowest BCUT2D eigenvalue weighted by atomic mass is 10.1. The number of carbonyl (C=O) groups excluding carboxylic acids is 1. The molecule has 0 saturated heterocycles. The Kier molecular flexibility index (Phi) is 4.84. The van der Waals surface area contributed by atoms with Gasteiger partial charge in [-0.15, -0.1) is 0 Å². The van der Waals surface area contributed by atoms with Gasteiger partial charge in [-0.1, -0.05) is 24.3 Å². The van der Waals surface area contributed by atoms with E-state index in [1.54, 1.807) is 30.3 Å². The molecule has 5 nitrogen and oxygen atoms in total. The van der Waals surface area contributed by atoms with Crippen molar-refractivity contribution in [3.05, 3.63) is 69.7 Å². The van der Waals surface area contributed by atoms with Gasteiger partial charge in [0.05, 0.1) is 17.3 Å². The number of nitrogens with zero attached hydrogens (tertiary/aromatic N) is 1. The lowest BCUT2D eigenvalue weighted by Crippen LogP contribution is -2.18. The third-order valence-electron chi connectivity index (χ3n) is 2.66. The van der Waals surface area contributed by atoms with E-state index >= 15 is 0 Å². The molecule has 0 saturated carbocycles. The average Bonchev–Trinajstić information content (AvgIpc) is 2.48. The fraction of sp³-hybridized carbons (Fsp3) is 0. The van der Waals surface area contributed by atoms with Crippen LogP contribution in [0.25, 0.3) is 0 Å². The van der Waals surface area contributed by atoms with Crippen molar-refractivity contribution in [2.45, 2.75) is 0 Å². The first kappa shape index (κ1) is 14.9. The number of aromatic carboxylic acids is 1. The molecular weight excluding hydrogens is 336 g/mol. The summed E-state index contributed by atoms with van der Waals surface area (Å²) in [5.41, 5.74) is 3.78. The van der Waals surface area contributed by atoms with Crippen LogP contribution in [0.15, 0.2) is 58.1 Å². The zero-order valence-corrected chi connectivity index (χ0v) is 12.4. The third kappa shape index (κ3) is 4.00. The van der Waals surface area contributed by atoms with E-state index in [-0.39, 0.29) is 11.5 Å². The highest BCUT2D eigenvalue weighted by Gasteiger charge is 2.07. The first-order valence-corrected chi connectivity index (χ1v) is 6.78. The number of hydrogen-bond donors (Lipinski definition) is 2. The molecule has 2 aromatic rings. The maximum absolute atomic E-state index is 11.9. The molecule has 21 heavy (non-hydrogen) atoms. The summed E-state index contributed by atoms with van der Waals surface area (Å²) in [6, 6.07) is 13.2. The van der Waals surface area contributed by atoms with Crippen LogP contribution in [0, 0.1) is 0 Å². The molecule has 2 N–H and O–H groups in total. The fourth-order valence-electron chi connectivity index (χ4n) is 1.58. The Bertz CT molecular complexity index is 696. The molecule has 0 atom stereocenters. The molecule has 2 rings (SSSR count). The summed E-state index contributed by atoms with van der Waals surface area (Å²) in [4.78, 5) is 22.6. The first-order valence-electron chi connectivity index (χ1n) is 5.99. The van der Waals surface area contributed by atoms with Gasteiger partial charge in [-0.2, -0.15) is 5.10 Å². The summed E-state index contributed by atoms with van der Waals surface area (Å²) in [6.45, 7) is 0. The van der Waals surface area contributed by atoms with Crippen molar-refractivity contribution in [2.24, 2.45) is 5.10 Å². The van der Waals surface area contributed by atoms with Gasteiger partial charge < -0.3 is 5.11 Å². The molecule has 0 heterocycles. The number of carbonyl (C=O) groups is 2. The summed E-state index contributed by atoms with van der Waals surface area (Å²) >= 11 is 3.29. The number of halogens is 1. The van der Waals surface area contributed by atoms with Crippen LogP contribution in [0.4, 0.5) is 0 Å². The number of carboxylic acids is 1. The van der Waals surface area contributed by atoms with Crippen molar-refractivity contribution in [1.29, 1.82) is 0 Å². The molecule has 2 aromatic carbocycles. The van der Waals surface area contributed by atoms with Crippen LogP contribution in [-0.4, -0.2) is 23.2 Å². The van der Waals surface area contributed by atoms with Crippen molar-refractivity contribution in [3.63, 3.8) is 0 Å². The molecule has 0 aromatic heterocycles. The minimum Gasteiger partial charge on any atom is -0.478 e. The summed E-state index contributed by atoms with van der Waals surface area (Å²) in [6.07, 6.45) is 1.44. The molecular formula is C15H11BrN2O3. The number of hydrazone groups is 1. The Morgan fingerprint density at radius 1 is 1.10 bits per heavy atom. The highest BCUT2D eigenvalue weighted by Crippen LogP contribution is 2.15. The number of hydrogen-bond acceptors (Lipinski definition) is 3. The van der Waals surface area contributed by atoms with Crippen LogP contribution in [0.2, 0.25) is 0 Å². The number of benzene rings is 2. The normalized spacial score (nSPS) is 10.5. The first-order chi connectivity index (χ1) is 10.1. The predicted molar refractivity (Wildman–Crippen MR) is 82.6 cm³/mol. The van der Waals surface area contributed by atoms with Crippen molar-refractivity contribution in [1.82, 2.24) is 5.43 Å². The van der Waals surface area contributed by atoms with Gasteiger partial charge >= 0.3 is 5.97 Å². The second-order valence-electron chi connectivity index (χ2n) is 4.11. The van der Waals surface area contributed by atoms with E-state index < -0.39 is 5.97 Å². The van der Waals surface area contributed by atoms with Crippen LogP contribution in [0.5, 0.6) is 0 Å². The van der Waals surface area contributed by atoms with Crippen LogP contribution in [0.1, 0.15) is 26.3 Å². The minimum absolute atomic E-state index is 0.199. The highest BCUT2D eigenvalue weighted by molar-refractivity contribution is 9.10. The Morgan fingerprint density at radius 3 is 2.38 bits per heavy atom. The lowest BCUT2D eigenvalue weighted by molar-refractivity contribution is 0.0696. The molecule has 0 unspecified atom stereocenters. The smallest absolute Gasteiger partial charge is 0.335 e. The van der Waals surface area contributed by atoms with Gasteiger partial charge in [0.2, 0.25) is 0 Å². The van der Waals surface area contributed by atoms with Gasteiger partial charge in [-0.3, -0.25) is 4.79 Å². The number of nitrogens with one attached hydrogen (secondary N) is 1. The Balaban J connectivity index is 2.01. The maximum atomic E-state index is 11.9. The van der Waals surface area contributed by atoms with Gasteiger partial charge in [0.25, 0.3) is 5.91 Å². The van der Waals surface area contributed by atoms with Crippen molar-refractivity contribution >= 4 is 34.0 Å². The molecule has 6 heteroatoms. The second kappa shape index (κ2) is 6.81. The van der Waals surface area contributed by atoms with Crippen molar-refractivity contribution in [2.75, 3.05) is 0 Å². The van der Waals surface area contributed by atoms with E-state index in [1.165, 1.54) is 18.3 Å². The van der Waals surface area contributed by atoms with E-state index in [4.69, 9.17) is 5.11 Å². The SMILES string of the molecule is O=C(O)c1ccc(/C=N\NC(=O)c2ccccc2Br)cc1. The Hall–Kier alpha value is -2.47. The van der Waals surface area contributed by atoms with Crippen molar-refractivity contribution < 1.29 is 14.7 Å². The van der Waals surface area contributed by atoms with E-state index in [0.717, 1.165) is 0 Å². The average molecular weight is 347 g/mol. The van der Waals surface area contributed by atoms with Gasteiger partial charge in [0, 0.05) is 4.47 Å². The minimum atomic E-state index is -0.985. The second-order valence-corrected chi connectivity index (χ2v) is 4.96. The van der Waals surface area contributed by atoms with Crippen molar-refractivity contribution in [3.8, 4) is 0 Å². The molecule has 0 aliphatic rings. The molecule has 0 aliphatic heterocycles. The van der Waals surface area contributed by atoms with Gasteiger partial charge in [-0.25, -0.2) is 10.2 Å². The molecule has 1 amide bonds. The maximum Gasteiger partial charge on any atom is 0.335 e. The Labute approximate surface area is 129 Å². The van der Waals surface area contributed by atoms with Crippen LogP contribution < -0.4 is 5.43 Å². The lowest BCUT2D eigenvalue weighted by Gasteiger charge is -2.02. The van der Waals surface area contributed by atoms with Crippen LogP contribution >= 0.6 is 15.9 Å². The summed E-state index contributed by atoms with van der Waals surface area (Å²) in [7, 11) is 0. The quantitative estimate of drug-likeness (QED) is 0.659. The number of carboxylic acid groups (broad SMARTS) is 1. The summed E-state index contributed by atoms with van der Waals surface area (Å²) in [5.74, 6) is -1.32. The topological polar surface area (TPSA) is 78.8 Å². The fourth-order valence-corrected chi connectivity index (χ4v) is 2.05. The molecule has 0 spiro atoms. The monoisotopic (exact) mass is 346 g/mol. The molecule has 0 fully saturated rings. The van der Waals surface area contributed by atoms with Crippen LogP contribution in [0.3, 0.4) is 0 Å². The summed E-state index contributed by atoms with van der Waals surface area (Å²) in [5, 5.41) is 12.6. The zero-order chi connectivity index (χ0) is 15.2. The molecule has 0 radical (unpaired) electrons. The number of amides is 1.